The van der Waals surface area contributed by atoms with Crippen LogP contribution in [0.4, 0.5) is 4.39 Å². The number of carbonyl (C=O) groups is 1. The van der Waals surface area contributed by atoms with Gasteiger partial charge >= 0.3 is 0 Å². The van der Waals surface area contributed by atoms with E-state index in [1.165, 1.54) is 18.3 Å². The summed E-state index contributed by atoms with van der Waals surface area (Å²) in [7, 11) is 0. The normalized spacial score (nSPS) is 10.6. The number of benzene rings is 2. The lowest BCUT2D eigenvalue weighted by atomic mass is 10.1. The molecular weight excluding hydrogens is 243 g/mol. The van der Waals surface area contributed by atoms with Crippen LogP contribution in [0.15, 0.2) is 59.7 Å². The molecule has 96 valence electrons. The summed E-state index contributed by atoms with van der Waals surface area (Å²) in [6.45, 7) is 0. The smallest absolute Gasteiger partial charge is 0.244 e. The van der Waals surface area contributed by atoms with E-state index in [1.807, 2.05) is 30.3 Å². The van der Waals surface area contributed by atoms with E-state index in [1.54, 1.807) is 12.1 Å². The maximum atomic E-state index is 12.7. The first-order chi connectivity index (χ1) is 9.24. The molecule has 1 N–H and O–H groups in total. The first-order valence-electron chi connectivity index (χ1n) is 5.85. The van der Waals surface area contributed by atoms with Crippen molar-refractivity contribution in [3.63, 3.8) is 0 Å². The number of rotatable bonds is 4. The maximum absolute atomic E-state index is 12.7. The molecule has 0 bridgehead atoms. The average molecular weight is 256 g/mol. The van der Waals surface area contributed by atoms with Gasteiger partial charge in [0.15, 0.2) is 0 Å². The van der Waals surface area contributed by atoms with Gasteiger partial charge in [-0.1, -0.05) is 42.5 Å². The fourth-order valence-electron chi connectivity index (χ4n) is 1.55. The van der Waals surface area contributed by atoms with Crippen LogP contribution < -0.4 is 5.43 Å². The zero-order valence-electron chi connectivity index (χ0n) is 10.2. The van der Waals surface area contributed by atoms with E-state index < -0.39 is 0 Å². The Bertz CT molecular complexity index is 564. The van der Waals surface area contributed by atoms with Crippen molar-refractivity contribution in [3.05, 3.63) is 71.5 Å². The van der Waals surface area contributed by atoms with Crippen LogP contribution in [0.3, 0.4) is 0 Å². The second-order valence-electron chi connectivity index (χ2n) is 4.01. The molecule has 0 aliphatic rings. The fourth-order valence-corrected chi connectivity index (χ4v) is 1.55. The molecule has 0 unspecified atom stereocenters. The molecule has 0 aliphatic heterocycles. The summed E-state index contributed by atoms with van der Waals surface area (Å²) in [5, 5.41) is 3.82. The Morgan fingerprint density at radius 3 is 2.47 bits per heavy atom. The highest BCUT2D eigenvalue weighted by Crippen LogP contribution is 2.00. The van der Waals surface area contributed by atoms with Crippen molar-refractivity contribution >= 4 is 12.1 Å². The predicted molar refractivity (Wildman–Crippen MR) is 72.3 cm³/mol. The predicted octanol–water partition coefficient (Wildman–Crippen LogP) is 2.52. The van der Waals surface area contributed by atoms with E-state index in [0.29, 0.717) is 0 Å². The van der Waals surface area contributed by atoms with Crippen molar-refractivity contribution in [1.82, 2.24) is 5.43 Å². The number of nitrogens with zero attached hydrogens (tertiary/aromatic N) is 1. The zero-order valence-corrected chi connectivity index (χ0v) is 10.2. The SMILES string of the molecule is O=C(Cc1ccccc1)N/N=C\c1ccc(F)cc1. The fraction of sp³-hybridized carbons (Fsp3) is 0.0667. The Morgan fingerprint density at radius 1 is 1.11 bits per heavy atom. The lowest BCUT2D eigenvalue weighted by Crippen LogP contribution is -2.19. The third-order valence-corrected chi connectivity index (χ3v) is 2.48. The maximum Gasteiger partial charge on any atom is 0.244 e. The number of hydrogen-bond donors (Lipinski definition) is 1. The summed E-state index contributed by atoms with van der Waals surface area (Å²) in [4.78, 5) is 11.6. The van der Waals surface area contributed by atoms with Gasteiger partial charge < -0.3 is 0 Å². The van der Waals surface area contributed by atoms with Gasteiger partial charge in [-0.25, -0.2) is 9.82 Å². The molecular formula is C15H13FN2O. The van der Waals surface area contributed by atoms with Gasteiger partial charge in [0.25, 0.3) is 0 Å². The Kier molecular flexibility index (Phi) is 4.39. The van der Waals surface area contributed by atoms with Crippen LogP contribution in [0, 0.1) is 5.82 Å². The van der Waals surface area contributed by atoms with E-state index in [2.05, 4.69) is 10.5 Å². The topological polar surface area (TPSA) is 41.5 Å². The number of carbonyl (C=O) groups excluding carboxylic acids is 1. The summed E-state index contributed by atoms with van der Waals surface area (Å²) in [6.07, 6.45) is 1.75. The van der Waals surface area contributed by atoms with Gasteiger partial charge in [0.2, 0.25) is 5.91 Å². The highest BCUT2D eigenvalue weighted by Gasteiger charge is 2.00. The van der Waals surface area contributed by atoms with Crippen molar-refractivity contribution in [3.8, 4) is 0 Å². The molecule has 19 heavy (non-hydrogen) atoms. The molecule has 0 fully saturated rings. The lowest BCUT2D eigenvalue weighted by molar-refractivity contribution is -0.120. The first kappa shape index (κ1) is 13.0. The Balaban J connectivity index is 1.85. The van der Waals surface area contributed by atoms with Crippen LogP contribution in [-0.2, 0) is 11.2 Å². The van der Waals surface area contributed by atoms with Crippen LogP contribution in [0.2, 0.25) is 0 Å². The summed E-state index contributed by atoms with van der Waals surface area (Å²) in [5.74, 6) is -0.491. The van der Waals surface area contributed by atoms with E-state index in [9.17, 15) is 9.18 Å². The molecule has 0 saturated carbocycles. The van der Waals surface area contributed by atoms with Gasteiger partial charge in [-0.05, 0) is 23.3 Å². The van der Waals surface area contributed by atoms with E-state index in [0.717, 1.165) is 11.1 Å². The summed E-state index contributed by atoms with van der Waals surface area (Å²) < 4.78 is 12.7. The highest BCUT2D eigenvalue weighted by atomic mass is 19.1. The molecule has 0 radical (unpaired) electrons. The average Bonchev–Trinajstić information content (AvgIpc) is 2.42. The number of hydrogen-bond acceptors (Lipinski definition) is 2. The third-order valence-electron chi connectivity index (χ3n) is 2.48. The first-order valence-corrected chi connectivity index (χ1v) is 5.85. The Labute approximate surface area is 110 Å². The van der Waals surface area contributed by atoms with E-state index >= 15 is 0 Å². The number of nitrogens with one attached hydrogen (secondary N) is 1. The molecule has 2 rings (SSSR count). The highest BCUT2D eigenvalue weighted by molar-refractivity contribution is 5.83. The van der Waals surface area contributed by atoms with Crippen LogP contribution in [-0.4, -0.2) is 12.1 Å². The lowest BCUT2D eigenvalue weighted by Gasteiger charge is -1.99. The van der Waals surface area contributed by atoms with Crippen LogP contribution >= 0.6 is 0 Å². The number of halogens is 1. The number of hydrazone groups is 1. The zero-order chi connectivity index (χ0) is 13.5. The molecule has 0 heterocycles. The number of amides is 1. The third kappa shape index (κ3) is 4.35. The molecule has 2 aromatic rings. The monoisotopic (exact) mass is 256 g/mol. The summed E-state index contributed by atoms with van der Waals surface area (Å²) >= 11 is 0. The van der Waals surface area contributed by atoms with Crippen molar-refractivity contribution in [2.75, 3.05) is 0 Å². The minimum absolute atomic E-state index is 0.190. The van der Waals surface area contributed by atoms with Crippen LogP contribution in [0.1, 0.15) is 11.1 Å². The second kappa shape index (κ2) is 6.44. The van der Waals surface area contributed by atoms with Crippen molar-refractivity contribution in [1.29, 1.82) is 0 Å². The van der Waals surface area contributed by atoms with Crippen LogP contribution in [0.25, 0.3) is 0 Å². The summed E-state index contributed by atoms with van der Waals surface area (Å²) in [5.41, 5.74) is 4.08. The largest absolute Gasteiger partial charge is 0.273 e. The van der Waals surface area contributed by atoms with Gasteiger partial charge in [0.1, 0.15) is 5.82 Å². The van der Waals surface area contributed by atoms with Gasteiger partial charge in [0, 0.05) is 0 Å². The van der Waals surface area contributed by atoms with Gasteiger partial charge in [-0.3, -0.25) is 4.79 Å². The minimum atomic E-state index is -0.301. The molecule has 0 atom stereocenters. The standard InChI is InChI=1S/C15H13FN2O/c16-14-8-6-13(7-9-14)11-17-18-15(19)10-12-4-2-1-3-5-12/h1-9,11H,10H2,(H,18,19)/b17-11-. The van der Waals surface area contributed by atoms with E-state index in [4.69, 9.17) is 0 Å². The van der Waals surface area contributed by atoms with E-state index in [-0.39, 0.29) is 18.1 Å². The molecule has 0 aromatic heterocycles. The molecule has 0 aliphatic carbocycles. The van der Waals surface area contributed by atoms with Crippen molar-refractivity contribution < 1.29 is 9.18 Å². The molecule has 2 aromatic carbocycles. The van der Waals surface area contributed by atoms with Crippen molar-refractivity contribution in [2.45, 2.75) is 6.42 Å². The molecule has 3 nitrogen and oxygen atoms in total. The Morgan fingerprint density at radius 2 is 1.79 bits per heavy atom. The summed E-state index contributed by atoms with van der Waals surface area (Å²) in [6, 6.07) is 15.3. The second-order valence-corrected chi connectivity index (χ2v) is 4.01. The van der Waals surface area contributed by atoms with Gasteiger partial charge in [-0.15, -0.1) is 0 Å². The van der Waals surface area contributed by atoms with Crippen LogP contribution in [0.5, 0.6) is 0 Å². The Hall–Kier alpha value is -2.49. The molecule has 1 amide bonds. The van der Waals surface area contributed by atoms with Gasteiger partial charge in [-0.2, -0.15) is 5.10 Å². The van der Waals surface area contributed by atoms with Gasteiger partial charge in [0.05, 0.1) is 12.6 Å². The molecule has 0 spiro atoms. The van der Waals surface area contributed by atoms with Crippen molar-refractivity contribution in [2.24, 2.45) is 5.10 Å². The minimum Gasteiger partial charge on any atom is -0.273 e. The molecule has 0 saturated heterocycles. The molecule has 4 heteroatoms. The quantitative estimate of drug-likeness (QED) is 0.662.